The molecule has 0 aliphatic carbocycles. The second-order valence-corrected chi connectivity index (χ2v) is 5.83. The Labute approximate surface area is 122 Å². The van der Waals surface area contributed by atoms with Gasteiger partial charge in [0.2, 0.25) is 0 Å². The molecule has 0 saturated carbocycles. The minimum Gasteiger partial charge on any atom is -0.478 e. The third kappa shape index (κ3) is 3.36. The highest BCUT2D eigenvalue weighted by Gasteiger charge is 2.12. The number of benzene rings is 1. The molecule has 0 unspecified atom stereocenters. The largest absolute Gasteiger partial charge is 0.478 e. The maximum absolute atomic E-state index is 11.2. The Balaban J connectivity index is 2.38. The molecular weight excluding hydrogens is 272 g/mol. The maximum atomic E-state index is 11.2. The summed E-state index contributed by atoms with van der Waals surface area (Å²) in [7, 11) is 0. The summed E-state index contributed by atoms with van der Waals surface area (Å²) in [5.41, 5.74) is 1.18. The summed E-state index contributed by atoms with van der Waals surface area (Å²) in [5, 5.41) is 9.97. The number of aryl methyl sites for hydroxylation is 1. The first-order valence-corrected chi connectivity index (χ1v) is 7.14. The summed E-state index contributed by atoms with van der Waals surface area (Å²) in [5.74, 6) is 0.0900. The molecule has 0 bridgehead atoms. The molecule has 1 heterocycles. The van der Waals surface area contributed by atoms with Crippen LogP contribution in [0.5, 0.6) is 0 Å². The number of aromatic carboxylic acids is 1. The van der Waals surface area contributed by atoms with Gasteiger partial charge in [0.05, 0.1) is 5.56 Å². The lowest BCUT2D eigenvalue weighted by Crippen LogP contribution is -2.01. The van der Waals surface area contributed by atoms with E-state index in [9.17, 15) is 9.90 Å². The number of carbonyl (C=O) groups is 1. The Morgan fingerprint density at radius 1 is 1.25 bits per heavy atom. The summed E-state index contributed by atoms with van der Waals surface area (Å²) in [6, 6.07) is 8.81. The van der Waals surface area contributed by atoms with Crippen LogP contribution >= 0.6 is 11.8 Å². The minimum absolute atomic E-state index is 0.240. The van der Waals surface area contributed by atoms with Gasteiger partial charge in [0.15, 0.2) is 0 Å². The van der Waals surface area contributed by atoms with E-state index in [2.05, 4.69) is 9.97 Å². The van der Waals surface area contributed by atoms with E-state index in [1.54, 1.807) is 18.2 Å². The Kier molecular flexibility index (Phi) is 4.39. The van der Waals surface area contributed by atoms with Crippen LogP contribution in [0, 0.1) is 6.92 Å². The standard InChI is InChI=1S/C15H16N2O2S/c1-9(2)14-16-10(3)8-13(17-14)20-12-7-5-4-6-11(12)15(18)19/h4-9H,1-3H3,(H,18,19). The molecule has 0 atom stereocenters. The first kappa shape index (κ1) is 14.5. The Bertz CT molecular complexity index is 642. The van der Waals surface area contributed by atoms with Crippen LogP contribution in [0.25, 0.3) is 0 Å². The van der Waals surface area contributed by atoms with Crippen molar-refractivity contribution in [3.8, 4) is 0 Å². The van der Waals surface area contributed by atoms with Crippen LogP contribution in [0.1, 0.15) is 41.6 Å². The van der Waals surface area contributed by atoms with Gasteiger partial charge in [0, 0.05) is 16.5 Å². The fourth-order valence-corrected chi connectivity index (χ4v) is 2.72. The van der Waals surface area contributed by atoms with Crippen molar-refractivity contribution in [1.29, 1.82) is 0 Å². The molecule has 1 aromatic carbocycles. The van der Waals surface area contributed by atoms with E-state index in [-0.39, 0.29) is 5.92 Å². The second kappa shape index (κ2) is 6.05. The Morgan fingerprint density at radius 3 is 2.60 bits per heavy atom. The molecule has 0 amide bonds. The molecule has 0 aliphatic rings. The monoisotopic (exact) mass is 288 g/mol. The molecular formula is C15H16N2O2S. The molecule has 2 rings (SSSR count). The van der Waals surface area contributed by atoms with E-state index in [1.165, 1.54) is 11.8 Å². The number of hydrogen-bond donors (Lipinski definition) is 1. The fraction of sp³-hybridized carbons (Fsp3) is 0.267. The SMILES string of the molecule is Cc1cc(Sc2ccccc2C(=O)O)nc(C(C)C)n1. The van der Waals surface area contributed by atoms with Gasteiger partial charge in [-0.2, -0.15) is 0 Å². The number of carboxylic acids is 1. The molecule has 4 nitrogen and oxygen atoms in total. The van der Waals surface area contributed by atoms with Gasteiger partial charge in [-0.3, -0.25) is 0 Å². The molecule has 2 aromatic rings. The lowest BCUT2D eigenvalue weighted by molar-refractivity contribution is 0.0693. The Morgan fingerprint density at radius 2 is 1.95 bits per heavy atom. The summed E-state index contributed by atoms with van der Waals surface area (Å²) in [6.45, 7) is 5.99. The maximum Gasteiger partial charge on any atom is 0.336 e. The zero-order chi connectivity index (χ0) is 14.7. The van der Waals surface area contributed by atoms with Crippen molar-refractivity contribution in [3.05, 3.63) is 47.4 Å². The van der Waals surface area contributed by atoms with Gasteiger partial charge >= 0.3 is 5.97 Å². The van der Waals surface area contributed by atoms with E-state index in [0.29, 0.717) is 10.5 Å². The topological polar surface area (TPSA) is 63.1 Å². The van der Waals surface area contributed by atoms with Gasteiger partial charge in [-0.05, 0) is 25.1 Å². The van der Waals surface area contributed by atoms with Crippen LogP contribution in [0.2, 0.25) is 0 Å². The van der Waals surface area contributed by atoms with Crippen molar-refractivity contribution in [1.82, 2.24) is 9.97 Å². The molecule has 0 spiro atoms. The quantitative estimate of drug-likeness (QED) is 0.868. The van der Waals surface area contributed by atoms with Crippen LogP contribution in [0.3, 0.4) is 0 Å². The smallest absolute Gasteiger partial charge is 0.336 e. The van der Waals surface area contributed by atoms with E-state index >= 15 is 0 Å². The third-order valence-corrected chi connectivity index (χ3v) is 3.69. The van der Waals surface area contributed by atoms with Crippen molar-refractivity contribution in [3.63, 3.8) is 0 Å². The van der Waals surface area contributed by atoms with Crippen LogP contribution in [0.15, 0.2) is 40.3 Å². The van der Waals surface area contributed by atoms with Gasteiger partial charge in [0.25, 0.3) is 0 Å². The summed E-state index contributed by atoms with van der Waals surface area (Å²) < 4.78 is 0. The van der Waals surface area contributed by atoms with Gasteiger partial charge in [-0.25, -0.2) is 14.8 Å². The molecule has 0 fully saturated rings. The molecule has 1 aromatic heterocycles. The lowest BCUT2D eigenvalue weighted by atomic mass is 10.2. The van der Waals surface area contributed by atoms with E-state index in [0.717, 1.165) is 16.5 Å². The highest BCUT2D eigenvalue weighted by atomic mass is 32.2. The first-order valence-electron chi connectivity index (χ1n) is 6.33. The predicted octanol–water partition coefficient (Wildman–Crippen LogP) is 3.76. The molecule has 0 aliphatic heterocycles. The van der Waals surface area contributed by atoms with Crippen LogP contribution in [-0.2, 0) is 0 Å². The second-order valence-electron chi connectivity index (χ2n) is 4.76. The number of aromatic nitrogens is 2. The van der Waals surface area contributed by atoms with Gasteiger partial charge < -0.3 is 5.11 Å². The Hall–Kier alpha value is -1.88. The third-order valence-electron chi connectivity index (χ3n) is 2.70. The molecule has 1 N–H and O–H groups in total. The summed E-state index contributed by atoms with van der Waals surface area (Å²) in [4.78, 5) is 20.8. The molecule has 0 saturated heterocycles. The van der Waals surface area contributed by atoms with E-state index in [4.69, 9.17) is 0 Å². The number of hydrogen-bond acceptors (Lipinski definition) is 4. The summed E-state index contributed by atoms with van der Waals surface area (Å²) >= 11 is 1.36. The van der Waals surface area contributed by atoms with E-state index < -0.39 is 5.97 Å². The van der Waals surface area contributed by atoms with Gasteiger partial charge in [-0.15, -0.1) is 0 Å². The normalized spacial score (nSPS) is 10.8. The number of rotatable bonds is 4. The highest BCUT2D eigenvalue weighted by molar-refractivity contribution is 7.99. The lowest BCUT2D eigenvalue weighted by Gasteiger charge is -2.09. The zero-order valence-electron chi connectivity index (χ0n) is 11.6. The van der Waals surface area contributed by atoms with Crippen molar-refractivity contribution >= 4 is 17.7 Å². The average Bonchev–Trinajstić information content (AvgIpc) is 2.38. The minimum atomic E-state index is -0.928. The molecule has 5 heteroatoms. The molecule has 20 heavy (non-hydrogen) atoms. The molecule has 0 radical (unpaired) electrons. The average molecular weight is 288 g/mol. The van der Waals surface area contributed by atoms with Crippen LogP contribution in [-0.4, -0.2) is 21.0 Å². The highest BCUT2D eigenvalue weighted by Crippen LogP contribution is 2.30. The summed E-state index contributed by atoms with van der Waals surface area (Å²) in [6.07, 6.45) is 0. The van der Waals surface area contributed by atoms with E-state index in [1.807, 2.05) is 32.9 Å². The van der Waals surface area contributed by atoms with Crippen molar-refractivity contribution in [2.24, 2.45) is 0 Å². The predicted molar refractivity (Wildman–Crippen MR) is 78.4 cm³/mol. The van der Waals surface area contributed by atoms with Crippen molar-refractivity contribution < 1.29 is 9.90 Å². The van der Waals surface area contributed by atoms with Gasteiger partial charge in [-0.1, -0.05) is 37.7 Å². The number of nitrogens with zero attached hydrogens (tertiary/aromatic N) is 2. The molecule has 104 valence electrons. The van der Waals surface area contributed by atoms with Crippen molar-refractivity contribution in [2.45, 2.75) is 36.6 Å². The number of carboxylic acid groups (broad SMARTS) is 1. The first-order chi connectivity index (χ1) is 9.47. The fourth-order valence-electron chi connectivity index (χ4n) is 1.72. The zero-order valence-corrected chi connectivity index (χ0v) is 12.4. The van der Waals surface area contributed by atoms with Gasteiger partial charge in [0.1, 0.15) is 10.9 Å². The van der Waals surface area contributed by atoms with Crippen LogP contribution in [0.4, 0.5) is 0 Å². The van der Waals surface area contributed by atoms with Crippen molar-refractivity contribution in [2.75, 3.05) is 0 Å². The van der Waals surface area contributed by atoms with Crippen LogP contribution < -0.4 is 0 Å².